The van der Waals surface area contributed by atoms with Crippen molar-refractivity contribution in [3.63, 3.8) is 0 Å². The van der Waals surface area contributed by atoms with Crippen molar-refractivity contribution in [3.05, 3.63) is 12.7 Å². The first-order valence-electron chi connectivity index (χ1n) is 5.55. The summed E-state index contributed by atoms with van der Waals surface area (Å²) in [7, 11) is 0. The molecule has 0 aromatic carbocycles. The number of ether oxygens (including phenoxy) is 1. The monoisotopic (exact) mass is 196 g/mol. The number of carbonyl (C=O) groups is 1. The zero-order valence-electron chi connectivity index (χ0n) is 9.05. The van der Waals surface area contributed by atoms with E-state index in [9.17, 15) is 4.79 Å². The molecule has 1 aliphatic carbocycles. The van der Waals surface area contributed by atoms with E-state index in [2.05, 4.69) is 6.58 Å². The Morgan fingerprint density at radius 3 is 2.57 bits per heavy atom. The van der Waals surface area contributed by atoms with E-state index in [0.29, 0.717) is 6.42 Å². The van der Waals surface area contributed by atoms with Gasteiger partial charge in [-0.05, 0) is 25.7 Å². The van der Waals surface area contributed by atoms with Gasteiger partial charge in [-0.3, -0.25) is 4.79 Å². The minimum absolute atomic E-state index is 0.0752. The first-order chi connectivity index (χ1) is 6.72. The summed E-state index contributed by atoms with van der Waals surface area (Å²) in [5.41, 5.74) is -0.215. The fourth-order valence-corrected chi connectivity index (χ4v) is 2.12. The lowest BCUT2D eigenvalue weighted by Crippen LogP contribution is -2.36. The summed E-state index contributed by atoms with van der Waals surface area (Å²) in [4.78, 5) is 11.3. The molecule has 0 heterocycles. The molecule has 0 unspecified atom stereocenters. The summed E-state index contributed by atoms with van der Waals surface area (Å²) < 4.78 is 5.56. The lowest BCUT2D eigenvalue weighted by molar-refractivity contribution is -0.162. The maximum absolute atomic E-state index is 11.3. The normalized spacial score (nSPS) is 20.1. The third-order valence-electron chi connectivity index (χ3n) is 2.90. The highest BCUT2D eigenvalue weighted by atomic mass is 16.6. The number of hydrogen-bond acceptors (Lipinski definition) is 2. The van der Waals surface area contributed by atoms with Crippen LogP contribution in [-0.4, -0.2) is 11.6 Å². The lowest BCUT2D eigenvalue weighted by atomic mass is 9.82. The van der Waals surface area contributed by atoms with E-state index >= 15 is 0 Å². The molecular formula is C12H20O2. The molecule has 0 aromatic rings. The first kappa shape index (κ1) is 11.3. The predicted octanol–water partition coefficient (Wildman–Crippen LogP) is 3.22. The number of carbonyl (C=O) groups excluding carboxylic acids is 1. The number of esters is 1. The topological polar surface area (TPSA) is 26.3 Å². The molecule has 0 radical (unpaired) electrons. The standard InChI is InChI=1S/C12H20O2/c1-3-8-12(14-11(13)4-2)9-6-5-7-10-12/h3H,1,4-10H2,2H3. The molecular weight excluding hydrogens is 176 g/mol. The quantitative estimate of drug-likeness (QED) is 0.509. The van der Waals surface area contributed by atoms with Crippen LogP contribution in [0.2, 0.25) is 0 Å². The summed E-state index contributed by atoms with van der Waals surface area (Å²) in [5, 5.41) is 0. The van der Waals surface area contributed by atoms with Crippen LogP contribution in [0.4, 0.5) is 0 Å². The van der Waals surface area contributed by atoms with Crippen LogP contribution in [0.1, 0.15) is 51.9 Å². The van der Waals surface area contributed by atoms with E-state index in [-0.39, 0.29) is 11.6 Å². The summed E-state index contributed by atoms with van der Waals surface area (Å²) in [6.07, 6.45) is 8.76. The van der Waals surface area contributed by atoms with Crippen molar-refractivity contribution in [3.8, 4) is 0 Å². The smallest absolute Gasteiger partial charge is 0.306 e. The van der Waals surface area contributed by atoms with Gasteiger partial charge in [-0.2, -0.15) is 0 Å². The van der Waals surface area contributed by atoms with Crippen molar-refractivity contribution in [2.45, 2.75) is 57.5 Å². The largest absolute Gasteiger partial charge is 0.459 e. The fraction of sp³-hybridized carbons (Fsp3) is 0.750. The van der Waals surface area contributed by atoms with Gasteiger partial charge in [0.2, 0.25) is 0 Å². The molecule has 0 aliphatic heterocycles. The Hall–Kier alpha value is -0.790. The van der Waals surface area contributed by atoms with Crippen molar-refractivity contribution in [2.75, 3.05) is 0 Å². The van der Waals surface area contributed by atoms with Crippen molar-refractivity contribution in [2.24, 2.45) is 0 Å². The predicted molar refractivity (Wildman–Crippen MR) is 57.0 cm³/mol. The third kappa shape index (κ3) is 2.86. The van der Waals surface area contributed by atoms with Crippen molar-refractivity contribution < 1.29 is 9.53 Å². The zero-order chi connectivity index (χ0) is 10.4. The molecule has 14 heavy (non-hydrogen) atoms. The Morgan fingerprint density at radius 1 is 1.43 bits per heavy atom. The molecule has 0 atom stereocenters. The second-order valence-electron chi connectivity index (χ2n) is 4.06. The Bertz CT molecular complexity index is 202. The molecule has 1 aliphatic rings. The van der Waals surface area contributed by atoms with Crippen LogP contribution in [0.3, 0.4) is 0 Å². The molecule has 1 fully saturated rings. The Labute approximate surface area is 86.3 Å². The molecule has 0 amide bonds. The third-order valence-corrected chi connectivity index (χ3v) is 2.90. The van der Waals surface area contributed by atoms with Gasteiger partial charge in [0.1, 0.15) is 5.60 Å². The molecule has 2 nitrogen and oxygen atoms in total. The maximum atomic E-state index is 11.3. The number of hydrogen-bond donors (Lipinski definition) is 0. The lowest BCUT2D eigenvalue weighted by Gasteiger charge is -2.36. The van der Waals surface area contributed by atoms with E-state index in [1.54, 1.807) is 0 Å². The molecule has 0 bridgehead atoms. The summed E-state index contributed by atoms with van der Waals surface area (Å²) in [6, 6.07) is 0. The van der Waals surface area contributed by atoms with Gasteiger partial charge in [-0.25, -0.2) is 0 Å². The average molecular weight is 196 g/mol. The van der Waals surface area contributed by atoms with E-state index in [1.165, 1.54) is 19.3 Å². The van der Waals surface area contributed by atoms with Crippen molar-refractivity contribution in [1.82, 2.24) is 0 Å². The Morgan fingerprint density at radius 2 is 2.07 bits per heavy atom. The summed E-state index contributed by atoms with van der Waals surface area (Å²) in [6.45, 7) is 5.58. The molecule has 2 heteroatoms. The highest BCUT2D eigenvalue weighted by molar-refractivity contribution is 5.69. The Balaban J connectivity index is 2.59. The molecule has 0 spiro atoms. The summed E-state index contributed by atoms with van der Waals surface area (Å²) >= 11 is 0. The van der Waals surface area contributed by atoms with Gasteiger partial charge in [0, 0.05) is 12.8 Å². The highest BCUT2D eigenvalue weighted by Crippen LogP contribution is 2.35. The SMILES string of the molecule is C=CCC1(OC(=O)CC)CCCCC1. The van der Waals surface area contributed by atoms with Crippen molar-refractivity contribution in [1.29, 1.82) is 0 Å². The van der Waals surface area contributed by atoms with E-state index < -0.39 is 0 Å². The van der Waals surface area contributed by atoms with Crippen LogP contribution >= 0.6 is 0 Å². The first-order valence-corrected chi connectivity index (χ1v) is 5.55. The molecule has 1 saturated carbocycles. The maximum Gasteiger partial charge on any atom is 0.306 e. The molecule has 0 saturated heterocycles. The second-order valence-corrected chi connectivity index (χ2v) is 4.06. The van der Waals surface area contributed by atoms with Gasteiger partial charge < -0.3 is 4.74 Å². The molecule has 0 aromatic heterocycles. The minimum Gasteiger partial charge on any atom is -0.459 e. The van der Waals surface area contributed by atoms with Crippen molar-refractivity contribution >= 4 is 5.97 Å². The highest BCUT2D eigenvalue weighted by Gasteiger charge is 2.34. The average Bonchev–Trinajstić information content (AvgIpc) is 2.19. The van der Waals surface area contributed by atoms with Gasteiger partial charge in [0.15, 0.2) is 0 Å². The minimum atomic E-state index is -0.215. The summed E-state index contributed by atoms with van der Waals surface area (Å²) in [5.74, 6) is -0.0752. The molecule has 1 rings (SSSR count). The van der Waals surface area contributed by atoms with Gasteiger partial charge in [0.05, 0.1) is 0 Å². The second kappa shape index (κ2) is 5.18. The van der Waals surface area contributed by atoms with E-state index in [4.69, 9.17) is 4.74 Å². The van der Waals surface area contributed by atoms with Gasteiger partial charge in [-0.1, -0.05) is 19.4 Å². The van der Waals surface area contributed by atoms with Crippen LogP contribution in [0.25, 0.3) is 0 Å². The molecule has 0 N–H and O–H groups in total. The van der Waals surface area contributed by atoms with Gasteiger partial charge in [-0.15, -0.1) is 6.58 Å². The number of rotatable bonds is 4. The van der Waals surface area contributed by atoms with Crippen LogP contribution < -0.4 is 0 Å². The Kier molecular flexibility index (Phi) is 4.18. The van der Waals surface area contributed by atoms with Crippen LogP contribution in [-0.2, 0) is 9.53 Å². The van der Waals surface area contributed by atoms with Crippen LogP contribution in [0, 0.1) is 0 Å². The van der Waals surface area contributed by atoms with Gasteiger partial charge in [0.25, 0.3) is 0 Å². The van der Waals surface area contributed by atoms with Crippen LogP contribution in [0.15, 0.2) is 12.7 Å². The fourth-order valence-electron chi connectivity index (χ4n) is 2.12. The van der Waals surface area contributed by atoms with Crippen LogP contribution in [0.5, 0.6) is 0 Å². The van der Waals surface area contributed by atoms with Gasteiger partial charge >= 0.3 is 5.97 Å². The molecule has 80 valence electrons. The van der Waals surface area contributed by atoms with E-state index in [0.717, 1.165) is 19.3 Å². The zero-order valence-corrected chi connectivity index (χ0v) is 9.05. The van der Waals surface area contributed by atoms with E-state index in [1.807, 2.05) is 13.0 Å².